The largest absolute Gasteiger partial charge is 0.377 e. The molecule has 1 heterocycles. The van der Waals surface area contributed by atoms with Crippen LogP contribution in [0.1, 0.15) is 6.92 Å². The smallest absolute Gasteiger partial charge is 0.148 e. The minimum absolute atomic E-state index is 0.140. The van der Waals surface area contributed by atoms with Crippen molar-refractivity contribution in [2.24, 2.45) is 0 Å². The summed E-state index contributed by atoms with van der Waals surface area (Å²) in [5.41, 5.74) is 0.954. The third kappa shape index (κ3) is 1.93. The molecular formula is C7H10N2O. The number of anilines is 1. The van der Waals surface area contributed by atoms with Crippen LogP contribution in [0.4, 0.5) is 5.69 Å². The minimum Gasteiger partial charge on any atom is -0.377 e. The fourth-order valence-corrected chi connectivity index (χ4v) is 0.660. The summed E-state index contributed by atoms with van der Waals surface area (Å²) in [5.74, 6) is 0.140. The molecule has 1 rings (SSSR count). The lowest BCUT2D eigenvalue weighted by atomic mass is 10.4. The Kier molecular flexibility index (Phi) is 2.10. The van der Waals surface area contributed by atoms with Gasteiger partial charge in [0.05, 0.1) is 12.2 Å². The number of hydrogen-bond donors (Lipinski definition) is 2. The highest BCUT2D eigenvalue weighted by molar-refractivity contribution is 5.80. The number of carbonyl (C=O) groups excluding carboxylic acids is 1. The Bertz CT molecular complexity index is 203. The van der Waals surface area contributed by atoms with E-state index in [4.69, 9.17) is 0 Å². The lowest BCUT2D eigenvalue weighted by Crippen LogP contribution is -2.08. The molecule has 0 fully saturated rings. The number of rotatable bonds is 3. The lowest BCUT2D eigenvalue weighted by molar-refractivity contribution is -0.115. The maximum atomic E-state index is 10.5. The first-order valence-electron chi connectivity index (χ1n) is 3.15. The van der Waals surface area contributed by atoms with Gasteiger partial charge >= 0.3 is 0 Å². The van der Waals surface area contributed by atoms with E-state index in [1.165, 1.54) is 0 Å². The monoisotopic (exact) mass is 138 g/mol. The summed E-state index contributed by atoms with van der Waals surface area (Å²) in [5, 5.41) is 2.94. The molecule has 0 aromatic carbocycles. The van der Waals surface area contributed by atoms with E-state index in [2.05, 4.69) is 10.3 Å². The molecule has 0 aliphatic heterocycles. The molecule has 1 aromatic heterocycles. The zero-order chi connectivity index (χ0) is 7.40. The van der Waals surface area contributed by atoms with Crippen LogP contribution in [0.25, 0.3) is 0 Å². The van der Waals surface area contributed by atoms with Gasteiger partial charge in [0.1, 0.15) is 5.78 Å². The molecule has 0 radical (unpaired) electrons. The maximum Gasteiger partial charge on any atom is 0.148 e. The molecule has 0 amide bonds. The predicted octanol–water partition coefficient (Wildman–Crippen LogP) is 1.02. The highest BCUT2D eigenvalue weighted by Gasteiger charge is 1.92. The maximum absolute atomic E-state index is 10.5. The number of aromatic nitrogens is 1. The van der Waals surface area contributed by atoms with Crippen molar-refractivity contribution in [2.45, 2.75) is 6.92 Å². The predicted molar refractivity (Wildman–Crippen MR) is 40.0 cm³/mol. The van der Waals surface area contributed by atoms with Crippen LogP contribution < -0.4 is 5.32 Å². The van der Waals surface area contributed by atoms with Crippen molar-refractivity contribution in [1.29, 1.82) is 0 Å². The van der Waals surface area contributed by atoms with Crippen molar-refractivity contribution in [1.82, 2.24) is 4.98 Å². The summed E-state index contributed by atoms with van der Waals surface area (Å²) in [6, 6.07) is 1.88. The standard InChI is InChI=1S/C7H10N2O/c1-6(10)4-9-7-2-3-8-5-7/h2-3,5,8-9H,4H2,1H3. The Morgan fingerprint density at radius 2 is 2.60 bits per heavy atom. The number of H-pyrrole nitrogens is 1. The van der Waals surface area contributed by atoms with Crippen molar-refractivity contribution >= 4 is 11.5 Å². The molecule has 0 aliphatic rings. The lowest BCUT2D eigenvalue weighted by Gasteiger charge is -1.97. The van der Waals surface area contributed by atoms with E-state index in [1.54, 1.807) is 6.92 Å². The van der Waals surface area contributed by atoms with E-state index in [1.807, 2.05) is 18.5 Å². The van der Waals surface area contributed by atoms with Crippen molar-refractivity contribution in [2.75, 3.05) is 11.9 Å². The van der Waals surface area contributed by atoms with Gasteiger partial charge in [0.15, 0.2) is 0 Å². The van der Waals surface area contributed by atoms with Crippen LogP contribution in [0, 0.1) is 0 Å². The van der Waals surface area contributed by atoms with Gasteiger partial charge in [-0.05, 0) is 13.0 Å². The van der Waals surface area contributed by atoms with Crippen molar-refractivity contribution in [3.63, 3.8) is 0 Å². The van der Waals surface area contributed by atoms with Crippen LogP contribution in [-0.2, 0) is 4.79 Å². The third-order valence-electron chi connectivity index (χ3n) is 1.14. The van der Waals surface area contributed by atoms with Gasteiger partial charge in [0.25, 0.3) is 0 Å². The Balaban J connectivity index is 2.35. The molecule has 54 valence electrons. The molecule has 3 heteroatoms. The van der Waals surface area contributed by atoms with E-state index >= 15 is 0 Å². The summed E-state index contributed by atoms with van der Waals surface area (Å²) in [6.45, 7) is 1.96. The second-order valence-electron chi connectivity index (χ2n) is 2.16. The minimum atomic E-state index is 0.140. The summed E-state index contributed by atoms with van der Waals surface area (Å²) in [4.78, 5) is 13.3. The number of aromatic amines is 1. The zero-order valence-electron chi connectivity index (χ0n) is 5.85. The second kappa shape index (κ2) is 3.06. The Morgan fingerprint density at radius 3 is 3.10 bits per heavy atom. The molecule has 0 aliphatic carbocycles. The van der Waals surface area contributed by atoms with E-state index < -0.39 is 0 Å². The average Bonchev–Trinajstić information content (AvgIpc) is 2.34. The highest BCUT2D eigenvalue weighted by Crippen LogP contribution is 2.01. The van der Waals surface area contributed by atoms with Gasteiger partial charge in [0, 0.05) is 12.4 Å². The van der Waals surface area contributed by atoms with Gasteiger partial charge in [-0.3, -0.25) is 4.79 Å². The Hall–Kier alpha value is -1.25. The van der Waals surface area contributed by atoms with E-state index in [-0.39, 0.29) is 5.78 Å². The van der Waals surface area contributed by atoms with Crippen molar-refractivity contribution in [3.8, 4) is 0 Å². The summed E-state index contributed by atoms with van der Waals surface area (Å²) in [6.07, 6.45) is 3.62. The zero-order valence-corrected chi connectivity index (χ0v) is 5.85. The highest BCUT2D eigenvalue weighted by atomic mass is 16.1. The molecule has 0 bridgehead atoms. The molecule has 0 saturated carbocycles. The molecule has 0 saturated heterocycles. The first kappa shape index (κ1) is 6.86. The van der Waals surface area contributed by atoms with Crippen molar-refractivity contribution in [3.05, 3.63) is 18.5 Å². The van der Waals surface area contributed by atoms with Gasteiger partial charge in [-0.25, -0.2) is 0 Å². The second-order valence-corrected chi connectivity index (χ2v) is 2.16. The number of ketones is 1. The SMILES string of the molecule is CC(=O)CNc1cc[nH]c1. The average molecular weight is 138 g/mol. The quantitative estimate of drug-likeness (QED) is 0.654. The van der Waals surface area contributed by atoms with Gasteiger partial charge < -0.3 is 10.3 Å². The van der Waals surface area contributed by atoms with Gasteiger partial charge in [-0.15, -0.1) is 0 Å². The van der Waals surface area contributed by atoms with E-state index in [0.29, 0.717) is 6.54 Å². The van der Waals surface area contributed by atoms with Crippen LogP contribution in [0.3, 0.4) is 0 Å². The van der Waals surface area contributed by atoms with Crippen LogP contribution in [0.2, 0.25) is 0 Å². The number of Topliss-reactive ketones (excluding diaryl/α,β-unsaturated/α-hetero) is 1. The topological polar surface area (TPSA) is 44.9 Å². The van der Waals surface area contributed by atoms with Crippen molar-refractivity contribution < 1.29 is 4.79 Å². The molecule has 0 unspecified atom stereocenters. The van der Waals surface area contributed by atoms with Crippen LogP contribution >= 0.6 is 0 Å². The molecule has 1 aromatic rings. The number of nitrogens with one attached hydrogen (secondary N) is 2. The molecule has 0 atom stereocenters. The molecule has 0 spiro atoms. The Morgan fingerprint density at radius 1 is 1.80 bits per heavy atom. The van der Waals surface area contributed by atoms with Gasteiger partial charge in [0.2, 0.25) is 0 Å². The van der Waals surface area contributed by atoms with Crippen LogP contribution in [0.15, 0.2) is 18.5 Å². The van der Waals surface area contributed by atoms with Crippen LogP contribution in [0.5, 0.6) is 0 Å². The molecule has 2 N–H and O–H groups in total. The van der Waals surface area contributed by atoms with Crippen LogP contribution in [-0.4, -0.2) is 17.3 Å². The third-order valence-corrected chi connectivity index (χ3v) is 1.14. The summed E-state index contributed by atoms with van der Waals surface area (Å²) >= 11 is 0. The fraction of sp³-hybridized carbons (Fsp3) is 0.286. The van der Waals surface area contributed by atoms with Gasteiger partial charge in [-0.1, -0.05) is 0 Å². The number of hydrogen-bond acceptors (Lipinski definition) is 2. The summed E-state index contributed by atoms with van der Waals surface area (Å²) < 4.78 is 0. The van der Waals surface area contributed by atoms with E-state index in [0.717, 1.165) is 5.69 Å². The van der Waals surface area contributed by atoms with Gasteiger partial charge in [-0.2, -0.15) is 0 Å². The summed E-state index contributed by atoms with van der Waals surface area (Å²) in [7, 11) is 0. The molecule has 3 nitrogen and oxygen atoms in total. The normalized spacial score (nSPS) is 9.30. The first-order valence-corrected chi connectivity index (χ1v) is 3.15. The fourth-order valence-electron chi connectivity index (χ4n) is 0.660. The molecular weight excluding hydrogens is 128 g/mol. The number of carbonyl (C=O) groups is 1. The first-order chi connectivity index (χ1) is 4.79. The van der Waals surface area contributed by atoms with E-state index in [9.17, 15) is 4.79 Å². The molecule has 10 heavy (non-hydrogen) atoms. The Labute approximate surface area is 59.4 Å².